The Labute approximate surface area is 134 Å². The van der Waals surface area contributed by atoms with Gasteiger partial charge in [-0.25, -0.2) is 4.98 Å². The molecule has 1 aliphatic rings. The third-order valence-electron chi connectivity index (χ3n) is 3.07. The molecule has 1 fully saturated rings. The fourth-order valence-corrected chi connectivity index (χ4v) is 3.15. The van der Waals surface area contributed by atoms with Crippen molar-refractivity contribution < 1.29 is 9.53 Å². The summed E-state index contributed by atoms with van der Waals surface area (Å²) in [6.07, 6.45) is -0.447. The Hall–Kier alpha value is -1.28. The van der Waals surface area contributed by atoms with E-state index in [1.54, 1.807) is 0 Å². The fraction of sp³-hybridized carbons (Fsp3) is 0.286. The number of hydrogen-bond donors (Lipinski definition) is 2. The van der Waals surface area contributed by atoms with Crippen LogP contribution in [-0.2, 0) is 9.53 Å². The average Bonchev–Trinajstić information content (AvgIpc) is 2.97. The number of anilines is 1. The van der Waals surface area contributed by atoms with Gasteiger partial charge in [-0.05, 0) is 12.1 Å². The first-order chi connectivity index (χ1) is 10.2. The molecule has 0 saturated carbocycles. The van der Waals surface area contributed by atoms with E-state index in [-0.39, 0.29) is 5.91 Å². The predicted octanol–water partition coefficient (Wildman–Crippen LogP) is 2.50. The molecule has 0 bridgehead atoms. The molecule has 1 atom stereocenters. The smallest absolute Gasteiger partial charge is 0.256 e. The van der Waals surface area contributed by atoms with Crippen LogP contribution >= 0.6 is 27.3 Å². The number of carbonyl (C=O) groups excluding carboxylic acids is 1. The standard InChI is InChI=1S/C14H14BrN3O2S/c15-10-3-1-2-9(6-10)11-8-21-14(17-11)18-13(19)12-7-16-4-5-20-12/h1-3,6,8,12,16H,4-5,7H2,(H,17,18,19). The van der Waals surface area contributed by atoms with Crippen LogP contribution in [0.25, 0.3) is 11.3 Å². The van der Waals surface area contributed by atoms with Crippen LogP contribution in [-0.4, -0.2) is 36.7 Å². The van der Waals surface area contributed by atoms with Crippen LogP contribution in [0.1, 0.15) is 0 Å². The molecule has 1 unspecified atom stereocenters. The first kappa shape index (κ1) is 14.6. The van der Waals surface area contributed by atoms with Gasteiger partial charge in [0, 0.05) is 28.5 Å². The van der Waals surface area contributed by atoms with Gasteiger partial charge in [-0.15, -0.1) is 11.3 Å². The molecule has 1 aromatic carbocycles. The Morgan fingerprint density at radius 2 is 2.43 bits per heavy atom. The first-order valence-electron chi connectivity index (χ1n) is 6.57. The summed E-state index contributed by atoms with van der Waals surface area (Å²) >= 11 is 4.85. The molecule has 5 nitrogen and oxygen atoms in total. The normalized spacial score (nSPS) is 18.4. The zero-order valence-electron chi connectivity index (χ0n) is 11.1. The average molecular weight is 368 g/mol. The maximum Gasteiger partial charge on any atom is 0.256 e. The summed E-state index contributed by atoms with van der Waals surface area (Å²) in [7, 11) is 0. The number of nitrogens with zero attached hydrogens (tertiary/aromatic N) is 1. The van der Waals surface area contributed by atoms with Crippen molar-refractivity contribution in [2.45, 2.75) is 6.10 Å². The molecule has 2 N–H and O–H groups in total. The molecule has 0 spiro atoms. The van der Waals surface area contributed by atoms with E-state index in [1.807, 2.05) is 29.6 Å². The number of nitrogens with one attached hydrogen (secondary N) is 2. The number of halogens is 1. The second-order valence-corrected chi connectivity index (χ2v) is 6.37. The SMILES string of the molecule is O=C(Nc1nc(-c2cccc(Br)c2)cs1)C1CNCCO1. The van der Waals surface area contributed by atoms with Crippen molar-refractivity contribution >= 4 is 38.3 Å². The van der Waals surface area contributed by atoms with E-state index in [0.717, 1.165) is 22.3 Å². The lowest BCUT2D eigenvalue weighted by molar-refractivity contribution is -0.128. The van der Waals surface area contributed by atoms with Crippen molar-refractivity contribution in [1.29, 1.82) is 0 Å². The molecule has 1 aromatic heterocycles. The summed E-state index contributed by atoms with van der Waals surface area (Å²) in [5.74, 6) is -0.155. The zero-order chi connectivity index (χ0) is 14.7. The van der Waals surface area contributed by atoms with E-state index < -0.39 is 6.10 Å². The number of amides is 1. The molecule has 1 saturated heterocycles. The van der Waals surface area contributed by atoms with Crippen molar-refractivity contribution in [2.75, 3.05) is 25.0 Å². The number of thiazole rings is 1. The predicted molar refractivity (Wildman–Crippen MR) is 86.5 cm³/mol. The summed E-state index contributed by atoms with van der Waals surface area (Å²) in [5, 5.41) is 8.45. The van der Waals surface area contributed by atoms with Gasteiger partial charge in [0.2, 0.25) is 0 Å². The van der Waals surface area contributed by atoms with Crippen LogP contribution in [0.4, 0.5) is 5.13 Å². The molecule has 0 radical (unpaired) electrons. The summed E-state index contributed by atoms with van der Waals surface area (Å²) in [5.41, 5.74) is 1.86. The van der Waals surface area contributed by atoms with Crippen LogP contribution in [0.5, 0.6) is 0 Å². The number of rotatable bonds is 3. The van der Waals surface area contributed by atoms with Crippen LogP contribution in [0.3, 0.4) is 0 Å². The Balaban J connectivity index is 1.69. The molecular weight excluding hydrogens is 354 g/mol. The number of aromatic nitrogens is 1. The molecular formula is C14H14BrN3O2S. The summed E-state index contributed by atoms with van der Waals surface area (Å²) in [4.78, 5) is 16.5. The van der Waals surface area contributed by atoms with Gasteiger partial charge >= 0.3 is 0 Å². The van der Waals surface area contributed by atoms with Crippen molar-refractivity contribution in [1.82, 2.24) is 10.3 Å². The summed E-state index contributed by atoms with van der Waals surface area (Å²) in [6, 6.07) is 7.90. The van der Waals surface area contributed by atoms with Crippen LogP contribution in [0, 0.1) is 0 Å². The van der Waals surface area contributed by atoms with E-state index in [2.05, 4.69) is 31.5 Å². The van der Waals surface area contributed by atoms with Crippen molar-refractivity contribution in [2.24, 2.45) is 0 Å². The number of carbonyl (C=O) groups is 1. The van der Waals surface area contributed by atoms with Crippen molar-refractivity contribution in [3.63, 3.8) is 0 Å². The number of hydrogen-bond acceptors (Lipinski definition) is 5. The maximum atomic E-state index is 12.1. The number of ether oxygens (including phenoxy) is 1. The summed E-state index contributed by atoms with van der Waals surface area (Å²) < 4.78 is 6.42. The van der Waals surface area contributed by atoms with E-state index in [4.69, 9.17) is 4.74 Å². The summed E-state index contributed by atoms with van der Waals surface area (Å²) in [6.45, 7) is 1.88. The Morgan fingerprint density at radius 3 is 3.19 bits per heavy atom. The van der Waals surface area contributed by atoms with Gasteiger partial charge in [-0.3, -0.25) is 10.1 Å². The monoisotopic (exact) mass is 367 g/mol. The van der Waals surface area contributed by atoms with Gasteiger partial charge in [0.05, 0.1) is 12.3 Å². The molecule has 1 amide bonds. The number of benzene rings is 1. The second-order valence-electron chi connectivity index (χ2n) is 4.60. The lowest BCUT2D eigenvalue weighted by Crippen LogP contribution is -2.45. The highest BCUT2D eigenvalue weighted by atomic mass is 79.9. The highest BCUT2D eigenvalue weighted by molar-refractivity contribution is 9.10. The third kappa shape index (κ3) is 3.68. The van der Waals surface area contributed by atoms with Crippen LogP contribution in [0.15, 0.2) is 34.1 Å². The Kier molecular flexibility index (Phi) is 4.64. The Bertz CT molecular complexity index is 641. The topological polar surface area (TPSA) is 63.2 Å². The fourth-order valence-electron chi connectivity index (χ4n) is 2.03. The van der Waals surface area contributed by atoms with E-state index >= 15 is 0 Å². The van der Waals surface area contributed by atoms with Gasteiger partial charge in [-0.2, -0.15) is 0 Å². The third-order valence-corrected chi connectivity index (χ3v) is 4.33. The van der Waals surface area contributed by atoms with Crippen molar-refractivity contribution in [3.05, 3.63) is 34.1 Å². The highest BCUT2D eigenvalue weighted by Gasteiger charge is 2.22. The van der Waals surface area contributed by atoms with E-state index in [0.29, 0.717) is 18.3 Å². The Morgan fingerprint density at radius 1 is 1.52 bits per heavy atom. The minimum absolute atomic E-state index is 0.155. The molecule has 110 valence electrons. The van der Waals surface area contributed by atoms with Crippen LogP contribution in [0.2, 0.25) is 0 Å². The second kappa shape index (κ2) is 6.65. The minimum Gasteiger partial charge on any atom is -0.366 e. The first-order valence-corrected chi connectivity index (χ1v) is 8.24. The lowest BCUT2D eigenvalue weighted by atomic mass is 10.2. The van der Waals surface area contributed by atoms with E-state index in [9.17, 15) is 4.79 Å². The zero-order valence-corrected chi connectivity index (χ0v) is 13.5. The van der Waals surface area contributed by atoms with E-state index in [1.165, 1.54) is 11.3 Å². The quantitative estimate of drug-likeness (QED) is 0.874. The molecule has 3 rings (SSSR count). The highest BCUT2D eigenvalue weighted by Crippen LogP contribution is 2.27. The number of morpholine rings is 1. The largest absolute Gasteiger partial charge is 0.366 e. The van der Waals surface area contributed by atoms with Crippen molar-refractivity contribution in [3.8, 4) is 11.3 Å². The molecule has 2 aromatic rings. The maximum absolute atomic E-state index is 12.1. The van der Waals surface area contributed by atoms with Gasteiger partial charge in [0.1, 0.15) is 6.10 Å². The molecule has 0 aliphatic carbocycles. The molecule has 1 aliphatic heterocycles. The van der Waals surface area contributed by atoms with Gasteiger partial charge in [0.15, 0.2) is 5.13 Å². The van der Waals surface area contributed by atoms with Gasteiger partial charge in [-0.1, -0.05) is 28.1 Å². The van der Waals surface area contributed by atoms with Crippen LogP contribution < -0.4 is 10.6 Å². The molecule has 2 heterocycles. The lowest BCUT2D eigenvalue weighted by Gasteiger charge is -2.22. The molecule has 21 heavy (non-hydrogen) atoms. The van der Waals surface area contributed by atoms with Gasteiger partial charge < -0.3 is 10.1 Å². The molecule has 7 heteroatoms. The van der Waals surface area contributed by atoms with Gasteiger partial charge in [0.25, 0.3) is 5.91 Å². The minimum atomic E-state index is -0.447.